The predicted molar refractivity (Wildman–Crippen MR) is 50.1 cm³/mol. The molecule has 4 heteroatoms. The fourth-order valence-corrected chi connectivity index (χ4v) is 0.408. The summed E-state index contributed by atoms with van der Waals surface area (Å²) in [6.45, 7) is 4.87. The first-order valence-corrected chi connectivity index (χ1v) is 3.74. The number of hydrogen-bond donors (Lipinski definition) is 2. The van der Waals surface area contributed by atoms with Crippen molar-refractivity contribution in [1.82, 2.24) is 4.90 Å². The second kappa shape index (κ2) is 10.1. The third-order valence-electron chi connectivity index (χ3n) is 0.984. The number of carbonyl (C=O) groups is 1. The van der Waals surface area contributed by atoms with Gasteiger partial charge in [-0.15, -0.1) is 0 Å². The van der Waals surface area contributed by atoms with Gasteiger partial charge in [-0.05, 0) is 33.6 Å². The fraction of sp³-hybridized carbons (Fsp3) is 0.625. The van der Waals surface area contributed by atoms with Crippen molar-refractivity contribution in [2.24, 2.45) is 5.73 Å². The Morgan fingerprint density at radius 1 is 1.67 bits per heavy atom. The predicted octanol–water partition coefficient (Wildman–Crippen LogP) is 0.154. The van der Waals surface area contributed by atoms with Gasteiger partial charge in [-0.25, -0.2) is 4.79 Å². The minimum atomic E-state index is -0.981. The molecule has 0 fully saturated rings. The maximum atomic E-state index is 9.25. The summed E-state index contributed by atoms with van der Waals surface area (Å²) in [6, 6.07) is 0. The first kappa shape index (κ1) is 13.7. The van der Waals surface area contributed by atoms with Crippen molar-refractivity contribution in [2.45, 2.75) is 6.42 Å². The van der Waals surface area contributed by atoms with E-state index in [4.69, 9.17) is 10.8 Å². The fourth-order valence-electron chi connectivity index (χ4n) is 0.408. The van der Waals surface area contributed by atoms with Gasteiger partial charge < -0.3 is 15.7 Å². The number of rotatable bonds is 4. The normalized spacial score (nSPS) is 8.67. The molecular weight excluding hydrogens is 156 g/mol. The molecule has 72 valence electrons. The summed E-state index contributed by atoms with van der Waals surface area (Å²) in [6.07, 6.45) is 1.94. The van der Waals surface area contributed by atoms with Crippen LogP contribution in [0.2, 0.25) is 0 Å². The Bertz CT molecular complexity index is 124. The quantitative estimate of drug-likeness (QED) is 0.595. The second-order valence-corrected chi connectivity index (χ2v) is 2.49. The van der Waals surface area contributed by atoms with Gasteiger partial charge in [-0.2, -0.15) is 0 Å². The maximum Gasteiger partial charge on any atom is 0.327 e. The Hall–Kier alpha value is -0.870. The molecule has 0 radical (unpaired) electrons. The van der Waals surface area contributed by atoms with Crippen molar-refractivity contribution in [3.05, 3.63) is 12.7 Å². The van der Waals surface area contributed by atoms with Gasteiger partial charge in [0.2, 0.25) is 0 Å². The van der Waals surface area contributed by atoms with E-state index in [2.05, 4.69) is 25.6 Å². The van der Waals surface area contributed by atoms with E-state index in [1.54, 1.807) is 0 Å². The van der Waals surface area contributed by atoms with E-state index in [0.29, 0.717) is 0 Å². The van der Waals surface area contributed by atoms with Gasteiger partial charge in [-0.1, -0.05) is 6.58 Å². The van der Waals surface area contributed by atoms with Gasteiger partial charge in [0.25, 0.3) is 0 Å². The van der Waals surface area contributed by atoms with E-state index < -0.39 is 5.97 Å². The summed E-state index contributed by atoms with van der Waals surface area (Å²) in [5.41, 5.74) is 5.25. The Kier molecular flexibility index (Phi) is 11.6. The van der Waals surface area contributed by atoms with Crippen LogP contribution in [0.3, 0.4) is 0 Å². The van der Waals surface area contributed by atoms with E-state index in [1.165, 1.54) is 0 Å². The summed E-state index contributed by atoms with van der Waals surface area (Å²) in [4.78, 5) is 11.4. The molecule has 0 aliphatic carbocycles. The van der Waals surface area contributed by atoms with Crippen LogP contribution in [-0.4, -0.2) is 43.2 Å². The molecule has 0 atom stereocenters. The smallest absolute Gasteiger partial charge is 0.327 e. The molecule has 0 aliphatic rings. The first-order chi connectivity index (χ1) is 5.54. The van der Waals surface area contributed by atoms with Crippen LogP contribution in [0, 0.1) is 0 Å². The van der Waals surface area contributed by atoms with Crippen molar-refractivity contribution in [2.75, 3.05) is 27.2 Å². The lowest BCUT2D eigenvalue weighted by molar-refractivity contribution is -0.131. The van der Waals surface area contributed by atoms with Crippen LogP contribution < -0.4 is 5.73 Å². The zero-order valence-corrected chi connectivity index (χ0v) is 7.79. The summed E-state index contributed by atoms with van der Waals surface area (Å²) >= 11 is 0. The highest BCUT2D eigenvalue weighted by Gasteiger charge is 1.83. The zero-order chi connectivity index (χ0) is 9.98. The number of nitrogens with zero attached hydrogens (tertiary/aromatic N) is 1. The molecule has 0 aromatic heterocycles. The minimum Gasteiger partial charge on any atom is -0.478 e. The minimum absolute atomic E-state index is 0.804. The molecule has 0 aromatic rings. The molecule has 0 unspecified atom stereocenters. The average molecular weight is 174 g/mol. The van der Waals surface area contributed by atoms with E-state index in [1.807, 2.05) is 0 Å². The average Bonchev–Trinajstić information content (AvgIpc) is 2.02. The first-order valence-electron chi connectivity index (χ1n) is 3.74. The van der Waals surface area contributed by atoms with Crippen molar-refractivity contribution in [1.29, 1.82) is 0 Å². The lowest BCUT2D eigenvalue weighted by Crippen LogP contribution is -2.16. The summed E-state index contributed by atoms with van der Waals surface area (Å²) in [5, 5.41) is 7.60. The van der Waals surface area contributed by atoms with Gasteiger partial charge >= 0.3 is 5.97 Å². The number of hydrogen-bond acceptors (Lipinski definition) is 3. The Balaban J connectivity index is 0. The number of carboxylic acids is 1. The molecule has 0 aliphatic heterocycles. The molecule has 0 saturated heterocycles. The highest BCUT2D eigenvalue weighted by atomic mass is 16.4. The number of nitrogens with two attached hydrogens (primary N) is 1. The zero-order valence-electron chi connectivity index (χ0n) is 7.79. The van der Waals surface area contributed by atoms with Gasteiger partial charge in [0, 0.05) is 6.08 Å². The number of aliphatic carboxylic acids is 1. The van der Waals surface area contributed by atoms with Crippen LogP contribution in [0.4, 0.5) is 0 Å². The van der Waals surface area contributed by atoms with Crippen LogP contribution in [0.25, 0.3) is 0 Å². The van der Waals surface area contributed by atoms with Gasteiger partial charge in [0.15, 0.2) is 0 Å². The molecule has 3 N–H and O–H groups in total. The van der Waals surface area contributed by atoms with E-state index in [9.17, 15) is 4.79 Å². The highest BCUT2D eigenvalue weighted by Crippen LogP contribution is 1.76. The second-order valence-electron chi connectivity index (χ2n) is 2.49. The third kappa shape index (κ3) is 22.9. The van der Waals surface area contributed by atoms with Crippen LogP contribution in [0.5, 0.6) is 0 Å². The Morgan fingerprint density at radius 3 is 2.17 bits per heavy atom. The molecule has 12 heavy (non-hydrogen) atoms. The molecule has 0 amide bonds. The van der Waals surface area contributed by atoms with Crippen molar-refractivity contribution in [3.63, 3.8) is 0 Å². The molecule has 0 spiro atoms. The topological polar surface area (TPSA) is 66.6 Å². The summed E-state index contributed by atoms with van der Waals surface area (Å²) < 4.78 is 0. The summed E-state index contributed by atoms with van der Waals surface area (Å²) in [7, 11) is 4.10. The summed E-state index contributed by atoms with van der Waals surface area (Å²) in [5.74, 6) is -0.981. The largest absolute Gasteiger partial charge is 0.478 e. The van der Waals surface area contributed by atoms with Gasteiger partial charge in [-0.3, -0.25) is 0 Å². The molecule has 0 aromatic carbocycles. The van der Waals surface area contributed by atoms with Crippen molar-refractivity contribution in [3.8, 4) is 0 Å². The molecular formula is C8H18N2O2. The van der Waals surface area contributed by atoms with Crippen LogP contribution in [0.1, 0.15) is 6.42 Å². The highest BCUT2D eigenvalue weighted by molar-refractivity contribution is 5.78. The van der Waals surface area contributed by atoms with Crippen LogP contribution in [-0.2, 0) is 4.79 Å². The molecule has 4 nitrogen and oxygen atoms in total. The van der Waals surface area contributed by atoms with E-state index in [0.717, 1.165) is 25.6 Å². The van der Waals surface area contributed by atoms with Gasteiger partial charge in [0.05, 0.1) is 0 Å². The van der Waals surface area contributed by atoms with Gasteiger partial charge in [0.1, 0.15) is 0 Å². The molecule has 0 bridgehead atoms. The SMILES string of the molecule is C=CC(=O)O.CN(C)CCCN. The molecule has 0 rings (SSSR count). The maximum absolute atomic E-state index is 9.25. The lowest BCUT2D eigenvalue weighted by Gasteiger charge is -2.05. The van der Waals surface area contributed by atoms with Crippen molar-refractivity contribution < 1.29 is 9.90 Å². The lowest BCUT2D eigenvalue weighted by atomic mass is 10.4. The Morgan fingerprint density at radius 2 is 2.08 bits per heavy atom. The van der Waals surface area contributed by atoms with E-state index in [-0.39, 0.29) is 0 Å². The molecule has 0 heterocycles. The third-order valence-corrected chi connectivity index (χ3v) is 0.984. The standard InChI is InChI=1S/C5H14N2.C3H4O2/c1-7(2)5-3-4-6;1-2-3(4)5/h3-6H2,1-2H3;2H,1H2,(H,4,5). The number of carboxylic acid groups (broad SMARTS) is 1. The van der Waals surface area contributed by atoms with Crippen LogP contribution >= 0.6 is 0 Å². The molecule has 0 saturated carbocycles. The monoisotopic (exact) mass is 174 g/mol. The van der Waals surface area contributed by atoms with Crippen LogP contribution in [0.15, 0.2) is 12.7 Å². The van der Waals surface area contributed by atoms with E-state index >= 15 is 0 Å². The Labute approximate surface area is 73.7 Å². The van der Waals surface area contributed by atoms with Crippen molar-refractivity contribution >= 4 is 5.97 Å².